The van der Waals surface area contributed by atoms with Crippen LogP contribution in [0.5, 0.6) is 0 Å². The minimum absolute atomic E-state index is 0.00795. The lowest BCUT2D eigenvalue weighted by Crippen LogP contribution is -2.23. The molecule has 0 bridgehead atoms. The molecule has 0 N–H and O–H groups in total. The van der Waals surface area contributed by atoms with Crippen molar-refractivity contribution in [1.29, 1.82) is 0 Å². The molecule has 0 atom stereocenters. The van der Waals surface area contributed by atoms with Crippen molar-refractivity contribution in [2.75, 3.05) is 0 Å². The molecule has 0 spiro atoms. The van der Waals surface area contributed by atoms with Crippen LogP contribution in [0.3, 0.4) is 0 Å². The molecule has 0 amide bonds. The fourth-order valence-electron chi connectivity index (χ4n) is 3.31. The highest BCUT2D eigenvalue weighted by Gasteiger charge is 2.09. The zero-order valence-electron chi connectivity index (χ0n) is 14.6. The van der Waals surface area contributed by atoms with Crippen molar-refractivity contribution < 1.29 is 0 Å². The van der Waals surface area contributed by atoms with Gasteiger partial charge in [-0.3, -0.25) is 9.36 Å². The fourth-order valence-corrected chi connectivity index (χ4v) is 3.80. The number of hydrogen-bond donors (Lipinski definition) is 0. The van der Waals surface area contributed by atoms with Gasteiger partial charge < -0.3 is 4.57 Å². The Kier molecular flexibility index (Phi) is 4.40. The van der Waals surface area contributed by atoms with E-state index in [1.807, 2.05) is 56.5 Å². The summed E-state index contributed by atoms with van der Waals surface area (Å²) >= 11 is 2.22. The number of fused-ring (bicyclic) bond motifs is 2. The van der Waals surface area contributed by atoms with Gasteiger partial charge in [0, 0.05) is 39.8 Å². The molecule has 4 rings (SSSR count). The molecule has 0 aliphatic heterocycles. The molecule has 4 aromatic rings. The van der Waals surface area contributed by atoms with Crippen molar-refractivity contribution >= 4 is 56.5 Å². The Morgan fingerprint density at radius 3 is 2.73 bits per heavy atom. The van der Waals surface area contributed by atoms with Gasteiger partial charge >= 0.3 is 0 Å². The monoisotopic (exact) mass is 455 g/mol. The van der Waals surface area contributed by atoms with Crippen LogP contribution in [0.25, 0.3) is 34.0 Å². The number of hydrogen-bond acceptors (Lipinski definition) is 2. The Morgan fingerprint density at radius 2 is 1.92 bits per heavy atom. The van der Waals surface area contributed by atoms with E-state index in [1.54, 1.807) is 4.57 Å². The van der Waals surface area contributed by atoms with Crippen LogP contribution in [0, 0.1) is 3.57 Å². The summed E-state index contributed by atoms with van der Waals surface area (Å²) in [6, 6.07) is 14.1. The lowest BCUT2D eigenvalue weighted by Gasteiger charge is -2.09. The van der Waals surface area contributed by atoms with Gasteiger partial charge in [-0.15, -0.1) is 0 Å². The number of nitrogens with zero attached hydrogens (tertiary/aromatic N) is 3. The van der Waals surface area contributed by atoms with E-state index in [-0.39, 0.29) is 5.56 Å². The third-order valence-corrected chi connectivity index (χ3v) is 5.27. The topological polar surface area (TPSA) is 39.8 Å². The van der Waals surface area contributed by atoms with Crippen LogP contribution in [0.2, 0.25) is 0 Å². The maximum absolute atomic E-state index is 12.8. The van der Waals surface area contributed by atoms with Crippen molar-refractivity contribution in [1.82, 2.24) is 14.1 Å². The molecule has 0 radical (unpaired) electrons. The fraction of sp³-hybridized carbons (Fsp3) is 0.143. The lowest BCUT2D eigenvalue weighted by molar-refractivity contribution is 0.708. The van der Waals surface area contributed by atoms with Gasteiger partial charge in [-0.05, 0) is 65.9 Å². The summed E-state index contributed by atoms with van der Waals surface area (Å²) in [7, 11) is 2.04. The van der Waals surface area contributed by atoms with Gasteiger partial charge in [0.1, 0.15) is 5.82 Å². The predicted octanol–water partition coefficient (Wildman–Crippen LogP) is 4.68. The molecule has 5 heteroatoms. The van der Waals surface area contributed by atoms with Crippen molar-refractivity contribution in [3.8, 4) is 0 Å². The minimum atomic E-state index is 0.00795. The van der Waals surface area contributed by atoms with Crippen LogP contribution in [0.4, 0.5) is 0 Å². The Labute approximate surface area is 164 Å². The molecule has 0 fully saturated rings. The molecule has 0 unspecified atom stereocenters. The van der Waals surface area contributed by atoms with Crippen LogP contribution in [0.1, 0.15) is 18.3 Å². The Balaban J connectivity index is 1.87. The van der Waals surface area contributed by atoms with Crippen molar-refractivity contribution in [3.63, 3.8) is 0 Å². The Hall–Kier alpha value is -2.41. The first kappa shape index (κ1) is 17.0. The maximum atomic E-state index is 12.8. The van der Waals surface area contributed by atoms with E-state index >= 15 is 0 Å². The Bertz CT molecular complexity index is 1220. The summed E-state index contributed by atoms with van der Waals surface area (Å²) in [6.45, 7) is 2.56. The SMILES string of the molecule is CCn1c(C=Cc2cn(C)c3ccccc23)nc2ccc(I)cc2c1=O. The van der Waals surface area contributed by atoms with Crippen LogP contribution in [-0.2, 0) is 13.6 Å². The minimum Gasteiger partial charge on any atom is -0.350 e. The molecule has 0 aliphatic rings. The quantitative estimate of drug-likeness (QED) is 0.421. The summed E-state index contributed by atoms with van der Waals surface area (Å²) < 4.78 is 4.87. The third-order valence-electron chi connectivity index (χ3n) is 4.60. The first-order chi connectivity index (χ1) is 12.6. The zero-order valence-corrected chi connectivity index (χ0v) is 16.8. The molecule has 2 aromatic heterocycles. The normalized spacial score (nSPS) is 11.8. The van der Waals surface area contributed by atoms with E-state index in [9.17, 15) is 4.79 Å². The molecular formula is C21H18IN3O. The summed E-state index contributed by atoms with van der Waals surface area (Å²) in [6.07, 6.45) is 6.07. The van der Waals surface area contributed by atoms with Crippen molar-refractivity contribution in [2.45, 2.75) is 13.5 Å². The van der Waals surface area contributed by atoms with Crippen LogP contribution in [-0.4, -0.2) is 14.1 Å². The smallest absolute Gasteiger partial charge is 0.261 e. The van der Waals surface area contributed by atoms with E-state index in [0.717, 1.165) is 14.7 Å². The number of benzene rings is 2. The van der Waals surface area contributed by atoms with Gasteiger partial charge in [0.05, 0.1) is 10.9 Å². The summed E-state index contributed by atoms with van der Waals surface area (Å²) in [5, 5.41) is 1.85. The van der Waals surface area contributed by atoms with Gasteiger partial charge in [0.15, 0.2) is 0 Å². The largest absolute Gasteiger partial charge is 0.350 e. The van der Waals surface area contributed by atoms with E-state index in [2.05, 4.69) is 45.5 Å². The molecule has 2 heterocycles. The van der Waals surface area contributed by atoms with Gasteiger partial charge in [-0.1, -0.05) is 18.2 Å². The van der Waals surface area contributed by atoms with Crippen LogP contribution < -0.4 is 5.56 Å². The Morgan fingerprint density at radius 1 is 1.12 bits per heavy atom. The molecule has 26 heavy (non-hydrogen) atoms. The van der Waals surface area contributed by atoms with Gasteiger partial charge in [0.25, 0.3) is 5.56 Å². The molecular weight excluding hydrogens is 437 g/mol. The van der Waals surface area contributed by atoms with Crippen LogP contribution in [0.15, 0.2) is 53.5 Å². The predicted molar refractivity (Wildman–Crippen MR) is 116 cm³/mol. The molecule has 2 aromatic carbocycles. The number of aryl methyl sites for hydroxylation is 1. The van der Waals surface area contributed by atoms with E-state index in [4.69, 9.17) is 4.98 Å². The maximum Gasteiger partial charge on any atom is 0.261 e. The first-order valence-electron chi connectivity index (χ1n) is 8.50. The second-order valence-corrected chi connectivity index (χ2v) is 7.47. The van der Waals surface area contributed by atoms with E-state index in [1.165, 1.54) is 10.9 Å². The second kappa shape index (κ2) is 6.72. The first-order valence-corrected chi connectivity index (χ1v) is 9.58. The summed E-state index contributed by atoms with van der Waals surface area (Å²) in [5.74, 6) is 0.680. The number of rotatable bonds is 3. The molecule has 130 valence electrons. The molecule has 0 aliphatic carbocycles. The van der Waals surface area contributed by atoms with E-state index in [0.29, 0.717) is 17.8 Å². The second-order valence-electron chi connectivity index (χ2n) is 6.23. The average Bonchev–Trinajstić information content (AvgIpc) is 2.97. The standard InChI is InChI=1S/C21H18IN3O/c1-3-25-20(23-18-10-9-15(22)12-17(18)21(25)26)11-8-14-13-24(2)19-7-5-4-6-16(14)19/h4-13H,3H2,1-2H3. The highest BCUT2D eigenvalue weighted by Crippen LogP contribution is 2.22. The third kappa shape index (κ3) is 2.86. The highest BCUT2D eigenvalue weighted by molar-refractivity contribution is 14.1. The van der Waals surface area contributed by atoms with Gasteiger partial charge in [0.2, 0.25) is 0 Å². The molecule has 4 nitrogen and oxygen atoms in total. The number of aromatic nitrogens is 3. The zero-order chi connectivity index (χ0) is 18.3. The highest BCUT2D eigenvalue weighted by atomic mass is 127. The van der Waals surface area contributed by atoms with Crippen molar-refractivity contribution in [3.05, 3.63) is 74.0 Å². The van der Waals surface area contributed by atoms with Crippen molar-refractivity contribution in [2.24, 2.45) is 7.05 Å². The van der Waals surface area contributed by atoms with Gasteiger partial charge in [-0.2, -0.15) is 0 Å². The van der Waals surface area contributed by atoms with E-state index < -0.39 is 0 Å². The van der Waals surface area contributed by atoms with Crippen LogP contribution >= 0.6 is 22.6 Å². The molecule has 0 saturated carbocycles. The number of halogens is 1. The summed E-state index contributed by atoms with van der Waals surface area (Å²) in [5.41, 5.74) is 3.04. The average molecular weight is 455 g/mol. The number of para-hydroxylation sites is 1. The lowest BCUT2D eigenvalue weighted by atomic mass is 10.1. The summed E-state index contributed by atoms with van der Waals surface area (Å²) in [4.78, 5) is 17.6. The van der Waals surface area contributed by atoms with Gasteiger partial charge in [-0.25, -0.2) is 4.98 Å². The molecule has 0 saturated heterocycles.